The smallest absolute Gasteiger partial charge is 0.251 e. The van der Waals surface area contributed by atoms with E-state index in [1.165, 1.54) is 36.7 Å². The number of amides is 1. The predicted molar refractivity (Wildman–Crippen MR) is 106 cm³/mol. The monoisotopic (exact) mass is 390 g/mol. The summed E-state index contributed by atoms with van der Waals surface area (Å²) >= 11 is 0. The summed E-state index contributed by atoms with van der Waals surface area (Å²) in [5.41, 5.74) is 1.68. The van der Waals surface area contributed by atoms with Crippen LogP contribution in [0, 0.1) is 0 Å². The van der Waals surface area contributed by atoms with Crippen molar-refractivity contribution in [2.45, 2.75) is 17.4 Å². The van der Waals surface area contributed by atoms with Gasteiger partial charge in [-0.05, 0) is 29.8 Å². The fourth-order valence-electron chi connectivity index (χ4n) is 2.69. The van der Waals surface area contributed by atoms with Gasteiger partial charge in [0.25, 0.3) is 5.91 Å². The molecule has 2 N–H and O–H groups in total. The zero-order valence-corrected chi connectivity index (χ0v) is 17.1. The molecule has 27 heavy (non-hydrogen) atoms. The number of hydrogen-bond acceptors (Lipinski definition) is 3. The number of nitrogens with zero attached hydrogens (tertiary/aromatic N) is 1. The first-order chi connectivity index (χ1) is 12.7. The summed E-state index contributed by atoms with van der Waals surface area (Å²) < 4.78 is 25.3. The Morgan fingerprint density at radius 2 is 1.63 bits per heavy atom. The van der Waals surface area contributed by atoms with E-state index in [0.29, 0.717) is 12.1 Å². The van der Waals surface area contributed by atoms with Crippen molar-refractivity contribution >= 4 is 15.9 Å². The topological polar surface area (TPSA) is 70.9 Å². The van der Waals surface area contributed by atoms with Crippen molar-refractivity contribution in [3.05, 3.63) is 65.7 Å². The molecule has 7 heteroatoms. The second-order valence-electron chi connectivity index (χ2n) is 6.99. The Bertz CT molecular complexity index is 848. The van der Waals surface area contributed by atoms with Gasteiger partial charge >= 0.3 is 0 Å². The third-order valence-electron chi connectivity index (χ3n) is 4.55. The molecule has 0 fully saturated rings. The highest BCUT2D eigenvalue weighted by Crippen LogP contribution is 2.14. The maximum absolute atomic E-state index is 12.4. The number of likely N-dealkylation sites (N-methyl/N-ethyl adjacent to an activating group) is 1. The fraction of sp³-hybridized carbons (Fsp3) is 0.350. The number of carbonyl (C=O) groups excluding carboxylic acids is 1. The molecule has 0 bridgehead atoms. The van der Waals surface area contributed by atoms with E-state index in [1.807, 2.05) is 18.2 Å². The van der Waals surface area contributed by atoms with Crippen LogP contribution >= 0.6 is 0 Å². The maximum Gasteiger partial charge on any atom is 0.251 e. The SMILES string of the molecule is CN(C)S(=O)(=O)c1ccc(C(=O)NC[C@@H](Cc2ccccc2)[NH+](C)C)cc1. The van der Waals surface area contributed by atoms with Crippen molar-refractivity contribution in [1.82, 2.24) is 9.62 Å². The average molecular weight is 391 g/mol. The van der Waals surface area contributed by atoms with E-state index in [2.05, 4.69) is 31.5 Å². The lowest BCUT2D eigenvalue weighted by Crippen LogP contribution is -3.11. The van der Waals surface area contributed by atoms with Crippen LogP contribution in [0.15, 0.2) is 59.5 Å². The van der Waals surface area contributed by atoms with Crippen LogP contribution < -0.4 is 10.2 Å². The van der Waals surface area contributed by atoms with Gasteiger partial charge in [0.2, 0.25) is 10.0 Å². The van der Waals surface area contributed by atoms with Crippen molar-refractivity contribution in [3.8, 4) is 0 Å². The van der Waals surface area contributed by atoms with Crippen LogP contribution in [0.25, 0.3) is 0 Å². The molecule has 1 atom stereocenters. The molecule has 0 heterocycles. The highest BCUT2D eigenvalue weighted by Gasteiger charge is 2.19. The van der Waals surface area contributed by atoms with Crippen LogP contribution in [0.4, 0.5) is 0 Å². The predicted octanol–water partition coefficient (Wildman–Crippen LogP) is 0.423. The van der Waals surface area contributed by atoms with Gasteiger partial charge in [-0.3, -0.25) is 4.79 Å². The summed E-state index contributed by atoms with van der Waals surface area (Å²) in [6.07, 6.45) is 0.865. The first kappa shape index (κ1) is 21.1. The summed E-state index contributed by atoms with van der Waals surface area (Å²) in [5, 5.41) is 2.96. The number of hydrogen-bond donors (Lipinski definition) is 2. The molecule has 0 aliphatic carbocycles. The van der Waals surface area contributed by atoms with E-state index in [9.17, 15) is 13.2 Å². The Morgan fingerprint density at radius 1 is 1.04 bits per heavy atom. The molecule has 0 aliphatic rings. The number of rotatable bonds is 8. The van der Waals surface area contributed by atoms with E-state index < -0.39 is 10.0 Å². The maximum atomic E-state index is 12.4. The second kappa shape index (κ2) is 9.12. The van der Waals surface area contributed by atoms with E-state index in [4.69, 9.17) is 0 Å². The molecule has 0 saturated carbocycles. The van der Waals surface area contributed by atoms with E-state index >= 15 is 0 Å². The molecule has 0 aliphatic heterocycles. The summed E-state index contributed by atoms with van der Waals surface area (Å²) in [4.78, 5) is 13.9. The van der Waals surface area contributed by atoms with Crippen molar-refractivity contribution in [2.24, 2.45) is 0 Å². The summed E-state index contributed by atoms with van der Waals surface area (Å²) in [5.74, 6) is -0.205. The summed E-state index contributed by atoms with van der Waals surface area (Å²) in [7, 11) is 3.60. The highest BCUT2D eigenvalue weighted by atomic mass is 32.2. The minimum absolute atomic E-state index is 0.170. The van der Waals surface area contributed by atoms with Gasteiger partial charge in [0.05, 0.1) is 25.5 Å². The second-order valence-corrected chi connectivity index (χ2v) is 9.14. The van der Waals surface area contributed by atoms with Crippen molar-refractivity contribution in [1.29, 1.82) is 0 Å². The molecule has 0 unspecified atom stereocenters. The first-order valence-corrected chi connectivity index (χ1v) is 10.3. The molecule has 2 aromatic rings. The zero-order valence-electron chi connectivity index (χ0n) is 16.3. The lowest BCUT2D eigenvalue weighted by Gasteiger charge is -2.22. The zero-order chi connectivity index (χ0) is 20.0. The molecule has 2 rings (SSSR count). The van der Waals surface area contributed by atoms with Gasteiger partial charge in [0, 0.05) is 26.1 Å². The van der Waals surface area contributed by atoms with Crippen LogP contribution in [-0.2, 0) is 16.4 Å². The largest absolute Gasteiger partial charge is 0.346 e. The van der Waals surface area contributed by atoms with Crippen molar-refractivity contribution in [2.75, 3.05) is 34.7 Å². The molecule has 2 aromatic carbocycles. The van der Waals surface area contributed by atoms with Gasteiger partial charge in [0.1, 0.15) is 6.04 Å². The fourth-order valence-corrected chi connectivity index (χ4v) is 3.59. The Kier molecular flexibility index (Phi) is 7.12. The van der Waals surface area contributed by atoms with Crippen LogP contribution in [0.3, 0.4) is 0 Å². The van der Waals surface area contributed by atoms with Crippen molar-refractivity contribution in [3.63, 3.8) is 0 Å². The van der Waals surface area contributed by atoms with Crippen molar-refractivity contribution < 1.29 is 18.1 Å². The average Bonchev–Trinajstić information content (AvgIpc) is 2.65. The van der Waals surface area contributed by atoms with Gasteiger partial charge in [-0.15, -0.1) is 0 Å². The minimum atomic E-state index is -3.49. The molecule has 6 nitrogen and oxygen atoms in total. The highest BCUT2D eigenvalue weighted by molar-refractivity contribution is 7.89. The van der Waals surface area contributed by atoms with Crippen LogP contribution in [0.2, 0.25) is 0 Å². The molecule has 0 saturated heterocycles. The standard InChI is InChI=1S/C20H27N3O3S/c1-22(2)18(14-16-8-6-5-7-9-16)15-21-20(24)17-10-12-19(13-11-17)27(25,26)23(3)4/h5-13,18H,14-15H2,1-4H3,(H,21,24)/p+1/t18-/m1/s1. The van der Waals surface area contributed by atoms with Crippen LogP contribution in [0.5, 0.6) is 0 Å². The number of sulfonamides is 1. The molecular weight excluding hydrogens is 362 g/mol. The van der Waals surface area contributed by atoms with Gasteiger partial charge in [-0.25, -0.2) is 12.7 Å². The van der Waals surface area contributed by atoms with Crippen LogP contribution in [-0.4, -0.2) is 59.4 Å². The molecule has 0 aromatic heterocycles. The Balaban J connectivity index is 2.01. The van der Waals surface area contributed by atoms with E-state index in [0.717, 1.165) is 10.7 Å². The molecule has 1 amide bonds. The summed E-state index contributed by atoms with van der Waals surface area (Å²) in [6, 6.07) is 16.4. The number of quaternary nitrogens is 1. The molecule has 0 radical (unpaired) electrons. The Hall–Kier alpha value is -2.22. The molecule has 146 valence electrons. The van der Waals surface area contributed by atoms with Crippen LogP contribution in [0.1, 0.15) is 15.9 Å². The molecular formula is C20H28N3O3S+. The van der Waals surface area contributed by atoms with Gasteiger partial charge in [-0.1, -0.05) is 30.3 Å². The Morgan fingerprint density at radius 3 is 2.15 bits per heavy atom. The molecule has 0 spiro atoms. The first-order valence-electron chi connectivity index (χ1n) is 8.86. The quantitative estimate of drug-likeness (QED) is 0.686. The van der Waals surface area contributed by atoms with E-state index in [1.54, 1.807) is 12.1 Å². The minimum Gasteiger partial charge on any atom is -0.346 e. The Labute approximate surface area is 161 Å². The van der Waals surface area contributed by atoms with Gasteiger partial charge in [-0.2, -0.15) is 0 Å². The van der Waals surface area contributed by atoms with Gasteiger partial charge < -0.3 is 10.2 Å². The number of nitrogens with one attached hydrogen (secondary N) is 2. The number of carbonyl (C=O) groups is 1. The van der Waals surface area contributed by atoms with Gasteiger partial charge in [0.15, 0.2) is 0 Å². The van der Waals surface area contributed by atoms with E-state index in [-0.39, 0.29) is 16.8 Å². The lowest BCUT2D eigenvalue weighted by molar-refractivity contribution is -0.884. The summed E-state index contributed by atoms with van der Waals surface area (Å²) in [6.45, 7) is 0.536. The number of benzene rings is 2. The normalized spacial score (nSPS) is 13.0. The third kappa shape index (κ3) is 5.63. The third-order valence-corrected chi connectivity index (χ3v) is 6.37. The lowest BCUT2D eigenvalue weighted by atomic mass is 10.1.